The molecule has 56 valence electrons. The summed E-state index contributed by atoms with van der Waals surface area (Å²) < 4.78 is 5.61. The minimum atomic E-state index is 0.971. The lowest BCUT2D eigenvalue weighted by molar-refractivity contribution is 0.212. The van der Waals surface area contributed by atoms with Gasteiger partial charge in [-0.15, -0.1) is 0 Å². The van der Waals surface area contributed by atoms with Crippen LogP contribution in [0.25, 0.3) is 0 Å². The van der Waals surface area contributed by atoms with Gasteiger partial charge in [0.25, 0.3) is 0 Å². The summed E-state index contributed by atoms with van der Waals surface area (Å²) in [6.45, 7) is 0.971. The molecule has 1 heterocycles. The Balaban J connectivity index is 2.00. The largest absolute Gasteiger partial charge is 0.498 e. The van der Waals surface area contributed by atoms with E-state index in [-0.39, 0.29) is 0 Å². The Bertz CT molecular complexity index is 142. The topological polar surface area (TPSA) is 9.23 Å². The molecule has 0 radical (unpaired) electrons. The summed E-state index contributed by atoms with van der Waals surface area (Å²) in [7, 11) is 0. The molecule has 10 heavy (non-hydrogen) atoms. The van der Waals surface area contributed by atoms with Crippen LogP contribution in [0.5, 0.6) is 0 Å². The van der Waals surface area contributed by atoms with Gasteiger partial charge in [0.2, 0.25) is 0 Å². The van der Waals surface area contributed by atoms with Crippen molar-refractivity contribution in [2.75, 3.05) is 6.61 Å². The van der Waals surface area contributed by atoms with Crippen LogP contribution < -0.4 is 0 Å². The van der Waals surface area contributed by atoms with Crippen LogP contribution in [-0.4, -0.2) is 6.61 Å². The Labute approximate surface area is 62.1 Å². The lowest BCUT2D eigenvalue weighted by Crippen LogP contribution is -1.89. The second-order valence-electron chi connectivity index (χ2n) is 3.19. The van der Waals surface area contributed by atoms with Crippen LogP contribution in [0.4, 0.5) is 0 Å². The van der Waals surface area contributed by atoms with Crippen molar-refractivity contribution >= 4 is 0 Å². The summed E-state index contributed by atoms with van der Waals surface area (Å²) in [5.74, 6) is 1.34. The third kappa shape index (κ3) is 1.34. The Kier molecular flexibility index (Phi) is 1.66. The molecule has 0 unspecified atom stereocenters. The molecular weight excluding hydrogens is 124 g/mol. The number of hydrogen-bond acceptors (Lipinski definition) is 1. The number of allylic oxidation sites excluding steroid dienone is 2. The van der Waals surface area contributed by atoms with E-state index in [9.17, 15) is 0 Å². The maximum absolute atomic E-state index is 5.61. The first-order chi connectivity index (χ1) is 4.97. The molecule has 2 aliphatic rings. The van der Waals surface area contributed by atoms with E-state index in [1.165, 1.54) is 44.3 Å². The molecule has 1 aliphatic carbocycles. The van der Waals surface area contributed by atoms with Crippen molar-refractivity contribution in [2.24, 2.45) is 0 Å². The summed E-state index contributed by atoms with van der Waals surface area (Å²) in [6.07, 6.45) is 7.81. The first-order valence-electron chi connectivity index (χ1n) is 4.30. The number of rotatable bonds is 0. The van der Waals surface area contributed by atoms with Crippen molar-refractivity contribution in [3.8, 4) is 0 Å². The average Bonchev–Trinajstić information content (AvgIpc) is 2.76. The normalized spacial score (nSPS) is 25.6. The smallest absolute Gasteiger partial charge is 0.0951 e. The van der Waals surface area contributed by atoms with Crippen LogP contribution in [0.2, 0.25) is 0 Å². The Morgan fingerprint density at radius 2 is 1.80 bits per heavy atom. The van der Waals surface area contributed by atoms with Gasteiger partial charge in [0, 0.05) is 6.42 Å². The molecule has 0 amide bonds. The molecule has 0 aromatic carbocycles. The van der Waals surface area contributed by atoms with E-state index in [2.05, 4.69) is 0 Å². The standard InChI is InChI=1S/C9H14O/c1-2-4-9(8-5-6-8)10-7-3-1/h1-7H2. The fraction of sp³-hybridized carbons (Fsp3) is 0.778. The first kappa shape index (κ1) is 6.26. The van der Waals surface area contributed by atoms with Gasteiger partial charge >= 0.3 is 0 Å². The minimum Gasteiger partial charge on any atom is -0.498 e. The molecule has 1 saturated heterocycles. The van der Waals surface area contributed by atoms with E-state index >= 15 is 0 Å². The van der Waals surface area contributed by atoms with Gasteiger partial charge in [-0.25, -0.2) is 0 Å². The van der Waals surface area contributed by atoms with E-state index < -0.39 is 0 Å². The van der Waals surface area contributed by atoms with Crippen LogP contribution in [-0.2, 0) is 4.74 Å². The zero-order chi connectivity index (χ0) is 6.81. The predicted octanol–water partition coefficient (Wildman–Crippen LogP) is 2.62. The summed E-state index contributed by atoms with van der Waals surface area (Å²) in [4.78, 5) is 0. The van der Waals surface area contributed by atoms with Crippen LogP contribution in [0.1, 0.15) is 38.5 Å². The Hall–Kier alpha value is -0.460. The van der Waals surface area contributed by atoms with Crippen molar-refractivity contribution in [3.63, 3.8) is 0 Å². The van der Waals surface area contributed by atoms with E-state index in [4.69, 9.17) is 4.74 Å². The fourth-order valence-corrected chi connectivity index (χ4v) is 1.45. The summed E-state index contributed by atoms with van der Waals surface area (Å²) >= 11 is 0. The van der Waals surface area contributed by atoms with Crippen molar-refractivity contribution in [1.82, 2.24) is 0 Å². The quantitative estimate of drug-likeness (QED) is 0.500. The molecule has 1 heteroatoms. The SMILES string of the molecule is C1CCOC(=C2CC2)CC1. The van der Waals surface area contributed by atoms with Crippen LogP contribution in [0.3, 0.4) is 0 Å². The van der Waals surface area contributed by atoms with E-state index in [1.54, 1.807) is 5.57 Å². The van der Waals surface area contributed by atoms with Gasteiger partial charge in [-0.2, -0.15) is 0 Å². The van der Waals surface area contributed by atoms with Gasteiger partial charge in [-0.1, -0.05) is 0 Å². The van der Waals surface area contributed by atoms with Crippen molar-refractivity contribution in [1.29, 1.82) is 0 Å². The summed E-state index contributed by atoms with van der Waals surface area (Å²) in [5, 5.41) is 0. The first-order valence-corrected chi connectivity index (χ1v) is 4.30. The van der Waals surface area contributed by atoms with Gasteiger partial charge < -0.3 is 4.74 Å². The maximum atomic E-state index is 5.61. The monoisotopic (exact) mass is 138 g/mol. The molecule has 0 aromatic rings. The van der Waals surface area contributed by atoms with E-state index in [1.807, 2.05) is 0 Å². The van der Waals surface area contributed by atoms with E-state index in [0.29, 0.717) is 0 Å². The Morgan fingerprint density at radius 3 is 2.60 bits per heavy atom. The molecule has 2 rings (SSSR count). The van der Waals surface area contributed by atoms with Crippen molar-refractivity contribution in [2.45, 2.75) is 38.5 Å². The second kappa shape index (κ2) is 2.65. The molecule has 1 nitrogen and oxygen atoms in total. The van der Waals surface area contributed by atoms with Gasteiger partial charge in [0.05, 0.1) is 12.4 Å². The number of ether oxygens (including phenoxy) is 1. The number of hydrogen-bond donors (Lipinski definition) is 0. The van der Waals surface area contributed by atoms with Gasteiger partial charge in [-0.3, -0.25) is 0 Å². The van der Waals surface area contributed by atoms with Gasteiger partial charge in [-0.05, 0) is 37.7 Å². The van der Waals surface area contributed by atoms with Gasteiger partial charge in [0.1, 0.15) is 0 Å². The molecule has 1 saturated carbocycles. The molecule has 0 N–H and O–H groups in total. The third-order valence-electron chi connectivity index (χ3n) is 2.22. The second-order valence-corrected chi connectivity index (χ2v) is 3.19. The zero-order valence-electron chi connectivity index (χ0n) is 6.36. The molecule has 0 spiro atoms. The van der Waals surface area contributed by atoms with Crippen LogP contribution in [0, 0.1) is 0 Å². The average molecular weight is 138 g/mol. The molecule has 2 fully saturated rings. The lowest BCUT2D eigenvalue weighted by Gasteiger charge is -2.03. The minimum absolute atomic E-state index is 0.971. The maximum Gasteiger partial charge on any atom is 0.0951 e. The highest BCUT2D eigenvalue weighted by Gasteiger charge is 2.19. The van der Waals surface area contributed by atoms with Crippen LogP contribution in [0.15, 0.2) is 11.3 Å². The van der Waals surface area contributed by atoms with Gasteiger partial charge in [0.15, 0.2) is 0 Å². The summed E-state index contributed by atoms with van der Waals surface area (Å²) in [5.41, 5.74) is 1.60. The molecule has 0 bridgehead atoms. The fourth-order valence-electron chi connectivity index (χ4n) is 1.45. The third-order valence-corrected chi connectivity index (χ3v) is 2.22. The summed E-state index contributed by atoms with van der Waals surface area (Å²) in [6, 6.07) is 0. The van der Waals surface area contributed by atoms with Crippen molar-refractivity contribution in [3.05, 3.63) is 11.3 Å². The zero-order valence-corrected chi connectivity index (χ0v) is 6.36. The van der Waals surface area contributed by atoms with E-state index in [0.717, 1.165) is 6.61 Å². The highest BCUT2D eigenvalue weighted by atomic mass is 16.5. The van der Waals surface area contributed by atoms with Crippen molar-refractivity contribution < 1.29 is 4.74 Å². The highest BCUT2D eigenvalue weighted by Crippen LogP contribution is 2.35. The molecular formula is C9H14O. The Morgan fingerprint density at radius 1 is 0.900 bits per heavy atom. The molecule has 1 aliphatic heterocycles. The molecule has 0 atom stereocenters. The highest BCUT2D eigenvalue weighted by molar-refractivity contribution is 5.21. The van der Waals surface area contributed by atoms with Crippen LogP contribution >= 0.6 is 0 Å². The molecule has 0 aromatic heterocycles. The predicted molar refractivity (Wildman–Crippen MR) is 40.7 cm³/mol. The lowest BCUT2D eigenvalue weighted by atomic mass is 10.2.